The van der Waals surface area contributed by atoms with Crippen molar-refractivity contribution in [2.75, 3.05) is 11.9 Å². The zero-order valence-electron chi connectivity index (χ0n) is 16.8. The summed E-state index contributed by atoms with van der Waals surface area (Å²) < 4.78 is 10.7. The van der Waals surface area contributed by atoms with Crippen LogP contribution in [0, 0.1) is 10.1 Å². The van der Waals surface area contributed by atoms with Crippen LogP contribution in [0.5, 0.6) is 5.75 Å². The molecule has 29 heavy (non-hydrogen) atoms. The second-order valence-electron chi connectivity index (χ2n) is 7.43. The number of ether oxygens (including phenoxy) is 2. The lowest BCUT2D eigenvalue weighted by Crippen LogP contribution is -2.32. The number of rotatable bonds is 7. The van der Waals surface area contributed by atoms with Crippen LogP contribution in [0.4, 0.5) is 11.4 Å². The highest BCUT2D eigenvalue weighted by Crippen LogP contribution is 2.31. The van der Waals surface area contributed by atoms with Crippen LogP contribution < -0.4 is 10.1 Å². The van der Waals surface area contributed by atoms with E-state index in [1.807, 2.05) is 32.9 Å². The van der Waals surface area contributed by atoms with Gasteiger partial charge in [-0.1, -0.05) is 51.1 Å². The molecule has 0 bridgehead atoms. The van der Waals surface area contributed by atoms with Gasteiger partial charge in [0.1, 0.15) is 11.4 Å². The van der Waals surface area contributed by atoms with E-state index in [9.17, 15) is 19.7 Å². The van der Waals surface area contributed by atoms with Crippen LogP contribution in [-0.2, 0) is 19.7 Å². The van der Waals surface area contributed by atoms with Crippen LogP contribution >= 0.6 is 0 Å². The first-order chi connectivity index (χ1) is 13.6. The summed E-state index contributed by atoms with van der Waals surface area (Å²) in [7, 11) is 0. The Balaban J connectivity index is 1.95. The van der Waals surface area contributed by atoms with Gasteiger partial charge in [0, 0.05) is 6.07 Å². The molecular weight excluding hydrogens is 376 g/mol. The number of amides is 1. The van der Waals surface area contributed by atoms with E-state index in [0.717, 1.165) is 5.56 Å². The number of benzene rings is 2. The Morgan fingerprint density at radius 1 is 1.10 bits per heavy atom. The summed E-state index contributed by atoms with van der Waals surface area (Å²) in [6.45, 7) is 7.11. The van der Waals surface area contributed by atoms with Crippen LogP contribution in [0.25, 0.3) is 0 Å². The van der Waals surface area contributed by atoms with Gasteiger partial charge < -0.3 is 14.8 Å². The minimum Gasteiger partial charge on any atom is -0.482 e. The van der Waals surface area contributed by atoms with Crippen molar-refractivity contribution in [2.24, 2.45) is 0 Å². The molecule has 1 amide bonds. The first-order valence-corrected chi connectivity index (χ1v) is 9.05. The average Bonchev–Trinajstić information content (AvgIpc) is 2.66. The van der Waals surface area contributed by atoms with Crippen LogP contribution in [-0.4, -0.2) is 29.5 Å². The number of nitro groups is 1. The SMILES string of the molecule is C[C@H](OC(=O)COc1ccccc1C(C)(C)C)C(=O)Nc1ccccc1[N+](=O)[O-]. The minimum absolute atomic E-state index is 0.0285. The highest BCUT2D eigenvalue weighted by atomic mass is 16.6. The Hall–Kier alpha value is -3.42. The molecule has 2 rings (SSSR count). The molecule has 0 saturated heterocycles. The molecule has 0 aliphatic carbocycles. The molecule has 154 valence electrons. The molecule has 0 unspecified atom stereocenters. The van der Waals surface area contributed by atoms with E-state index >= 15 is 0 Å². The summed E-state index contributed by atoms with van der Waals surface area (Å²) in [5.74, 6) is -0.837. The van der Waals surface area contributed by atoms with Crippen LogP contribution in [0.3, 0.4) is 0 Å². The first-order valence-electron chi connectivity index (χ1n) is 9.05. The van der Waals surface area contributed by atoms with E-state index in [2.05, 4.69) is 5.32 Å². The van der Waals surface area contributed by atoms with Gasteiger partial charge >= 0.3 is 5.97 Å². The number of nitro benzene ring substituents is 1. The monoisotopic (exact) mass is 400 g/mol. The molecule has 1 N–H and O–H groups in total. The second-order valence-corrected chi connectivity index (χ2v) is 7.43. The van der Waals surface area contributed by atoms with Crippen LogP contribution in [0.1, 0.15) is 33.3 Å². The fourth-order valence-corrected chi connectivity index (χ4v) is 2.61. The van der Waals surface area contributed by atoms with E-state index < -0.39 is 22.9 Å². The maximum atomic E-state index is 12.2. The summed E-state index contributed by atoms with van der Waals surface area (Å²) in [6.07, 6.45) is -1.15. The second kappa shape index (κ2) is 9.18. The maximum Gasteiger partial charge on any atom is 0.344 e. The minimum atomic E-state index is -1.15. The van der Waals surface area contributed by atoms with E-state index in [0.29, 0.717) is 5.75 Å². The van der Waals surface area contributed by atoms with Crippen molar-refractivity contribution in [3.63, 3.8) is 0 Å². The lowest BCUT2D eigenvalue weighted by molar-refractivity contribution is -0.383. The number of carbonyl (C=O) groups excluding carboxylic acids is 2. The molecule has 0 saturated carbocycles. The van der Waals surface area contributed by atoms with E-state index in [4.69, 9.17) is 9.47 Å². The van der Waals surface area contributed by atoms with Crippen LogP contribution in [0.15, 0.2) is 48.5 Å². The number of nitrogens with one attached hydrogen (secondary N) is 1. The Morgan fingerprint density at radius 2 is 1.72 bits per heavy atom. The molecule has 0 fully saturated rings. The lowest BCUT2D eigenvalue weighted by atomic mass is 9.86. The summed E-state index contributed by atoms with van der Waals surface area (Å²) in [5, 5.41) is 13.4. The number of hydrogen-bond acceptors (Lipinski definition) is 6. The maximum absolute atomic E-state index is 12.2. The van der Waals surface area contributed by atoms with E-state index in [1.165, 1.54) is 25.1 Å². The normalized spacial score (nSPS) is 12.0. The zero-order valence-corrected chi connectivity index (χ0v) is 16.8. The van der Waals surface area contributed by atoms with Gasteiger partial charge in [-0.25, -0.2) is 4.79 Å². The van der Waals surface area contributed by atoms with Gasteiger partial charge in [-0.2, -0.15) is 0 Å². The Labute approximate surface area is 169 Å². The van der Waals surface area contributed by atoms with Crippen molar-refractivity contribution >= 4 is 23.3 Å². The van der Waals surface area contributed by atoms with Crippen molar-refractivity contribution in [2.45, 2.75) is 39.2 Å². The molecule has 0 aliphatic heterocycles. The molecule has 0 aliphatic rings. The Morgan fingerprint density at radius 3 is 2.38 bits per heavy atom. The number of hydrogen-bond donors (Lipinski definition) is 1. The lowest BCUT2D eigenvalue weighted by Gasteiger charge is -2.22. The number of anilines is 1. The number of para-hydroxylation sites is 3. The van der Waals surface area contributed by atoms with Gasteiger partial charge in [0.05, 0.1) is 4.92 Å². The molecule has 0 spiro atoms. The van der Waals surface area contributed by atoms with E-state index in [1.54, 1.807) is 18.2 Å². The summed E-state index contributed by atoms with van der Waals surface area (Å²) >= 11 is 0. The number of carbonyl (C=O) groups is 2. The van der Waals surface area contributed by atoms with Crippen molar-refractivity contribution in [1.82, 2.24) is 0 Å². The summed E-state index contributed by atoms with van der Waals surface area (Å²) in [6, 6.07) is 13.1. The summed E-state index contributed by atoms with van der Waals surface area (Å²) in [4.78, 5) is 34.7. The first kappa shape index (κ1) is 21.9. The van der Waals surface area contributed by atoms with Gasteiger partial charge in [-0.05, 0) is 30.0 Å². The van der Waals surface area contributed by atoms with Gasteiger partial charge in [-0.3, -0.25) is 14.9 Å². The summed E-state index contributed by atoms with van der Waals surface area (Å²) in [5.41, 5.74) is 0.551. The predicted molar refractivity (Wildman–Crippen MR) is 108 cm³/mol. The molecular formula is C21H24N2O6. The third-order valence-corrected chi connectivity index (χ3v) is 4.08. The molecule has 2 aromatic rings. The highest BCUT2D eigenvalue weighted by molar-refractivity contribution is 5.96. The predicted octanol–water partition coefficient (Wildman–Crippen LogP) is 3.84. The zero-order chi connectivity index (χ0) is 21.6. The molecule has 0 heterocycles. The third kappa shape index (κ3) is 6.03. The van der Waals surface area contributed by atoms with Gasteiger partial charge in [0.25, 0.3) is 11.6 Å². The van der Waals surface area contributed by atoms with Gasteiger partial charge in [0.2, 0.25) is 0 Å². The van der Waals surface area contributed by atoms with Crippen molar-refractivity contribution in [1.29, 1.82) is 0 Å². The average molecular weight is 400 g/mol. The standard InChI is InChI=1S/C21H24N2O6/c1-14(20(25)22-16-10-6-7-11-17(16)23(26)27)29-19(24)13-28-18-12-8-5-9-15(18)21(2,3)4/h5-12,14H,13H2,1-4H3,(H,22,25)/t14-/m0/s1. The third-order valence-electron chi connectivity index (χ3n) is 4.08. The fraction of sp³-hybridized carbons (Fsp3) is 0.333. The van der Waals surface area contributed by atoms with Crippen LogP contribution in [0.2, 0.25) is 0 Å². The van der Waals surface area contributed by atoms with Gasteiger partial charge in [0.15, 0.2) is 12.7 Å². The molecule has 8 nitrogen and oxygen atoms in total. The Kier molecular flexibility index (Phi) is 6.93. The number of esters is 1. The topological polar surface area (TPSA) is 108 Å². The Bertz CT molecular complexity index is 904. The molecule has 8 heteroatoms. The quantitative estimate of drug-likeness (QED) is 0.430. The smallest absolute Gasteiger partial charge is 0.344 e. The van der Waals surface area contributed by atoms with E-state index in [-0.39, 0.29) is 23.4 Å². The molecule has 0 radical (unpaired) electrons. The van der Waals surface area contributed by atoms with Crippen molar-refractivity contribution in [3.8, 4) is 5.75 Å². The number of nitrogens with zero attached hydrogens (tertiary/aromatic N) is 1. The van der Waals surface area contributed by atoms with Crippen molar-refractivity contribution in [3.05, 3.63) is 64.2 Å². The molecule has 2 aromatic carbocycles. The fourth-order valence-electron chi connectivity index (χ4n) is 2.61. The molecule has 0 aromatic heterocycles. The van der Waals surface area contributed by atoms with Gasteiger partial charge in [-0.15, -0.1) is 0 Å². The largest absolute Gasteiger partial charge is 0.482 e. The van der Waals surface area contributed by atoms with Crippen molar-refractivity contribution < 1.29 is 24.0 Å². The molecule has 1 atom stereocenters. The highest BCUT2D eigenvalue weighted by Gasteiger charge is 2.23.